The zero-order chi connectivity index (χ0) is 23.7. The molecule has 1 aliphatic rings. The number of imidazole rings is 1. The topological polar surface area (TPSA) is 110 Å². The van der Waals surface area contributed by atoms with Crippen LogP contribution in [0, 0.1) is 0 Å². The number of anilines is 1. The summed E-state index contributed by atoms with van der Waals surface area (Å²) in [7, 11) is 1.43. The second-order valence-corrected chi connectivity index (χ2v) is 8.06. The van der Waals surface area contributed by atoms with Gasteiger partial charge in [0.05, 0.1) is 42.1 Å². The SMILES string of the molecule is COc1cc(C(=O)O)ccc1Oc1nc2nc(-c3ccc(N4CCOCC4)cc3)c(Cl)cc2[nH]1. The molecule has 0 atom stereocenters. The van der Waals surface area contributed by atoms with E-state index in [4.69, 9.17) is 30.9 Å². The van der Waals surface area contributed by atoms with Crippen LogP contribution < -0.4 is 14.4 Å². The molecule has 3 heterocycles. The van der Waals surface area contributed by atoms with Crippen LogP contribution in [0.4, 0.5) is 5.69 Å². The number of benzene rings is 2. The van der Waals surface area contributed by atoms with Gasteiger partial charge in [-0.1, -0.05) is 23.7 Å². The van der Waals surface area contributed by atoms with Gasteiger partial charge in [0.25, 0.3) is 0 Å². The fraction of sp³-hybridized carbons (Fsp3) is 0.208. The maximum Gasteiger partial charge on any atom is 0.335 e. The largest absolute Gasteiger partial charge is 0.493 e. The quantitative estimate of drug-likeness (QED) is 0.411. The van der Waals surface area contributed by atoms with Crippen molar-refractivity contribution in [3.63, 3.8) is 0 Å². The van der Waals surface area contributed by atoms with Crippen LogP contribution in [0.2, 0.25) is 5.02 Å². The Labute approximate surface area is 199 Å². The molecular weight excluding hydrogens is 460 g/mol. The summed E-state index contributed by atoms with van der Waals surface area (Å²) in [6, 6.07) is 14.3. The van der Waals surface area contributed by atoms with Crippen molar-refractivity contribution >= 4 is 34.4 Å². The van der Waals surface area contributed by atoms with Crippen LogP contribution in [-0.4, -0.2) is 59.4 Å². The van der Waals surface area contributed by atoms with Gasteiger partial charge in [-0.15, -0.1) is 0 Å². The molecule has 4 aromatic rings. The molecule has 2 aromatic carbocycles. The van der Waals surface area contributed by atoms with Gasteiger partial charge in [0.2, 0.25) is 0 Å². The predicted octanol–water partition coefficient (Wildman–Crippen LogP) is 4.61. The number of hydrogen-bond acceptors (Lipinski definition) is 7. The minimum atomic E-state index is -1.06. The van der Waals surface area contributed by atoms with E-state index in [9.17, 15) is 4.79 Å². The number of pyridine rings is 1. The van der Waals surface area contributed by atoms with Gasteiger partial charge >= 0.3 is 12.0 Å². The van der Waals surface area contributed by atoms with Gasteiger partial charge in [-0.2, -0.15) is 4.98 Å². The van der Waals surface area contributed by atoms with E-state index in [1.54, 1.807) is 6.07 Å². The smallest absolute Gasteiger partial charge is 0.335 e. The lowest BCUT2D eigenvalue weighted by Crippen LogP contribution is -2.36. The lowest BCUT2D eigenvalue weighted by atomic mass is 10.1. The third-order valence-electron chi connectivity index (χ3n) is 5.54. The zero-order valence-electron chi connectivity index (χ0n) is 18.2. The average Bonchev–Trinajstić information content (AvgIpc) is 3.25. The molecule has 2 aromatic heterocycles. The second-order valence-electron chi connectivity index (χ2n) is 7.65. The normalized spacial score (nSPS) is 13.8. The third kappa shape index (κ3) is 4.35. The number of halogens is 1. The van der Waals surface area contributed by atoms with Crippen LogP contribution in [0.3, 0.4) is 0 Å². The number of aromatic nitrogens is 3. The van der Waals surface area contributed by atoms with Crippen molar-refractivity contribution in [1.29, 1.82) is 0 Å². The molecule has 34 heavy (non-hydrogen) atoms. The summed E-state index contributed by atoms with van der Waals surface area (Å²) in [4.78, 5) is 25.6. The van der Waals surface area contributed by atoms with Gasteiger partial charge < -0.3 is 29.2 Å². The molecular formula is C24H21ClN4O5. The molecule has 5 rings (SSSR count). The number of hydrogen-bond donors (Lipinski definition) is 2. The number of carboxylic acids is 1. The maximum atomic E-state index is 11.2. The number of fused-ring (bicyclic) bond motifs is 1. The van der Waals surface area contributed by atoms with Gasteiger partial charge in [0.15, 0.2) is 17.1 Å². The molecule has 9 nitrogen and oxygen atoms in total. The predicted molar refractivity (Wildman–Crippen MR) is 127 cm³/mol. The number of nitrogens with one attached hydrogen (secondary N) is 1. The molecule has 0 spiro atoms. The Balaban J connectivity index is 1.41. The standard InChI is InChI=1S/C24H21ClN4O5/c1-32-20-12-15(23(30)31)4-7-19(20)34-24-26-18-13-17(25)21(27-22(18)28-24)14-2-5-16(6-3-14)29-8-10-33-11-9-29/h2-7,12-13H,8-11H2,1H3,(H,30,31)(H,26,27,28). The van der Waals surface area contributed by atoms with Crippen LogP contribution in [0.5, 0.6) is 17.5 Å². The third-order valence-corrected chi connectivity index (χ3v) is 5.83. The first-order chi connectivity index (χ1) is 16.5. The molecule has 0 radical (unpaired) electrons. The summed E-state index contributed by atoms with van der Waals surface area (Å²) in [5.41, 5.74) is 3.75. The van der Waals surface area contributed by atoms with Crippen molar-refractivity contribution in [3.8, 4) is 28.8 Å². The van der Waals surface area contributed by atoms with Crippen molar-refractivity contribution in [2.24, 2.45) is 0 Å². The highest BCUT2D eigenvalue weighted by Crippen LogP contribution is 2.34. The van der Waals surface area contributed by atoms with Crippen molar-refractivity contribution in [1.82, 2.24) is 15.0 Å². The Morgan fingerprint density at radius 2 is 1.85 bits per heavy atom. The van der Waals surface area contributed by atoms with Gasteiger partial charge in [-0.25, -0.2) is 9.78 Å². The Morgan fingerprint density at radius 1 is 1.09 bits per heavy atom. The number of nitrogens with zero attached hydrogens (tertiary/aromatic N) is 3. The fourth-order valence-electron chi connectivity index (χ4n) is 3.79. The van der Waals surface area contributed by atoms with Crippen molar-refractivity contribution < 1.29 is 24.1 Å². The van der Waals surface area contributed by atoms with Crippen LogP contribution in [0.1, 0.15) is 10.4 Å². The average molecular weight is 481 g/mol. The Hall–Kier alpha value is -3.82. The summed E-state index contributed by atoms with van der Waals surface area (Å²) in [6.07, 6.45) is 0. The monoisotopic (exact) mass is 480 g/mol. The van der Waals surface area contributed by atoms with E-state index in [0.717, 1.165) is 37.6 Å². The molecule has 2 N–H and O–H groups in total. The lowest BCUT2D eigenvalue weighted by Gasteiger charge is -2.28. The number of aromatic amines is 1. The molecule has 10 heteroatoms. The molecule has 0 aliphatic carbocycles. The summed E-state index contributed by atoms with van der Waals surface area (Å²) < 4.78 is 16.5. The van der Waals surface area contributed by atoms with Crippen LogP contribution >= 0.6 is 11.6 Å². The maximum absolute atomic E-state index is 11.2. The fourth-order valence-corrected chi connectivity index (χ4v) is 4.05. The number of rotatable bonds is 6. The number of morpholine rings is 1. The van der Waals surface area contributed by atoms with Crippen LogP contribution in [0.15, 0.2) is 48.5 Å². The molecule has 1 fully saturated rings. The number of methoxy groups -OCH3 is 1. The van der Waals surface area contributed by atoms with Crippen LogP contribution in [0.25, 0.3) is 22.4 Å². The molecule has 0 unspecified atom stereocenters. The van der Waals surface area contributed by atoms with Gasteiger partial charge in [0, 0.05) is 24.3 Å². The summed E-state index contributed by atoms with van der Waals surface area (Å²) in [5.74, 6) is -0.470. The summed E-state index contributed by atoms with van der Waals surface area (Å²) in [5, 5.41) is 9.64. The zero-order valence-corrected chi connectivity index (χ0v) is 19.0. The van der Waals surface area contributed by atoms with Gasteiger partial charge in [-0.3, -0.25) is 0 Å². The molecule has 0 bridgehead atoms. The molecule has 0 saturated carbocycles. The van der Waals surface area contributed by atoms with Crippen molar-refractivity contribution in [2.75, 3.05) is 38.3 Å². The number of carbonyl (C=O) groups is 1. The Bertz CT molecular complexity index is 1350. The van der Waals surface area contributed by atoms with Gasteiger partial charge in [-0.05, 0) is 36.4 Å². The van der Waals surface area contributed by atoms with E-state index in [2.05, 4.69) is 32.0 Å². The molecule has 0 amide bonds. The first-order valence-corrected chi connectivity index (χ1v) is 11.0. The molecule has 1 aliphatic heterocycles. The number of H-pyrrole nitrogens is 1. The summed E-state index contributed by atoms with van der Waals surface area (Å²) in [6.45, 7) is 3.18. The highest BCUT2D eigenvalue weighted by molar-refractivity contribution is 6.33. The second kappa shape index (κ2) is 9.20. The Morgan fingerprint density at radius 3 is 2.56 bits per heavy atom. The van der Waals surface area contributed by atoms with E-state index in [1.807, 2.05) is 12.1 Å². The van der Waals surface area contributed by atoms with E-state index in [-0.39, 0.29) is 17.3 Å². The number of aromatic carboxylic acids is 1. The van der Waals surface area contributed by atoms with Crippen molar-refractivity contribution in [3.05, 3.63) is 59.1 Å². The van der Waals surface area contributed by atoms with Crippen molar-refractivity contribution in [2.45, 2.75) is 0 Å². The Kier molecular flexibility index (Phi) is 5.95. The van der Waals surface area contributed by atoms with E-state index in [1.165, 1.54) is 25.3 Å². The van der Waals surface area contributed by atoms with E-state index in [0.29, 0.717) is 27.6 Å². The van der Waals surface area contributed by atoms with E-state index < -0.39 is 5.97 Å². The van der Waals surface area contributed by atoms with E-state index >= 15 is 0 Å². The molecule has 174 valence electrons. The first kappa shape index (κ1) is 22.0. The minimum absolute atomic E-state index is 0.0894. The number of ether oxygens (including phenoxy) is 3. The molecule has 1 saturated heterocycles. The first-order valence-electron chi connectivity index (χ1n) is 10.6. The lowest BCUT2D eigenvalue weighted by molar-refractivity contribution is 0.0696. The minimum Gasteiger partial charge on any atom is -0.493 e. The summed E-state index contributed by atoms with van der Waals surface area (Å²) >= 11 is 6.54. The highest BCUT2D eigenvalue weighted by Gasteiger charge is 2.16. The van der Waals surface area contributed by atoms with Gasteiger partial charge in [0.1, 0.15) is 0 Å². The van der Waals surface area contributed by atoms with Crippen LogP contribution in [-0.2, 0) is 4.74 Å². The highest BCUT2D eigenvalue weighted by atomic mass is 35.5. The number of carboxylic acid groups (broad SMARTS) is 1.